The molecule has 3 heterocycles. The normalized spacial score (nSPS) is 14.1. The molecule has 1 saturated heterocycles. The summed E-state index contributed by atoms with van der Waals surface area (Å²) in [5, 5.41) is 8.81. The van der Waals surface area contributed by atoms with Crippen LogP contribution in [0.4, 0.5) is 13.2 Å². The second-order valence-electron chi connectivity index (χ2n) is 8.77. The zero-order valence-electron chi connectivity index (χ0n) is 20.8. The Morgan fingerprint density at radius 3 is 2.38 bits per heavy atom. The quantitative estimate of drug-likeness (QED) is 0.322. The van der Waals surface area contributed by atoms with Gasteiger partial charge in [0, 0.05) is 38.7 Å². The van der Waals surface area contributed by atoms with Crippen LogP contribution in [-0.4, -0.2) is 67.5 Å². The first-order valence-corrected chi connectivity index (χ1v) is 13.0. The maximum atomic E-state index is 13.4. The van der Waals surface area contributed by atoms with E-state index < -0.39 is 11.7 Å². The van der Waals surface area contributed by atoms with Crippen LogP contribution in [-0.2, 0) is 16.7 Å². The predicted molar refractivity (Wildman–Crippen MR) is 136 cm³/mol. The number of benzene rings is 2. The topological polar surface area (TPSA) is 97.4 Å². The number of carbonyl (C=O) groups is 2. The Kier molecular flexibility index (Phi) is 7.42. The first kappa shape index (κ1) is 26.5. The van der Waals surface area contributed by atoms with Crippen molar-refractivity contribution in [1.29, 1.82) is 0 Å². The Bertz CT molecular complexity index is 1480. The van der Waals surface area contributed by atoms with Crippen LogP contribution in [0, 0.1) is 0 Å². The van der Waals surface area contributed by atoms with Crippen molar-refractivity contribution in [3.05, 3.63) is 78.0 Å². The molecule has 5 rings (SSSR count). The average Bonchev–Trinajstić information content (AvgIpc) is 3.59. The molecular weight excluding hydrogens is 533 g/mol. The van der Waals surface area contributed by atoms with Gasteiger partial charge in [-0.3, -0.25) is 14.2 Å². The van der Waals surface area contributed by atoms with Crippen molar-refractivity contribution < 1.29 is 27.2 Å². The molecule has 2 aromatic carbocycles. The summed E-state index contributed by atoms with van der Waals surface area (Å²) < 4.78 is 47.4. The van der Waals surface area contributed by atoms with Crippen molar-refractivity contribution in [2.24, 2.45) is 0 Å². The van der Waals surface area contributed by atoms with Gasteiger partial charge in [0.05, 0.1) is 17.0 Å². The molecule has 0 spiro atoms. The predicted octanol–water partition coefficient (Wildman–Crippen LogP) is 4.54. The summed E-state index contributed by atoms with van der Waals surface area (Å²) in [6, 6.07) is 14.0. The number of carbonyl (C=O) groups excluding carboxylic acids is 2. The number of hydrogen-bond acceptors (Lipinski definition) is 7. The number of aromatic nitrogens is 4. The third-order valence-electron chi connectivity index (χ3n) is 6.20. The molecule has 0 unspecified atom stereocenters. The summed E-state index contributed by atoms with van der Waals surface area (Å²) in [4.78, 5) is 32.0. The number of amides is 2. The van der Waals surface area contributed by atoms with Crippen LogP contribution in [0.5, 0.6) is 0 Å². The molecule has 1 aliphatic rings. The standard InChI is InChI=1S/C26H23F3N6O3S/c1-17(36)33-10-12-34(13-11-33)24(37)21-15-38-22(30-21)16-39-25-32-31-23(18-6-3-2-4-7-18)35(25)20-9-5-8-19(14-20)26(27,28)29/h2-9,14-15H,10-13,16H2,1H3. The summed E-state index contributed by atoms with van der Waals surface area (Å²) >= 11 is 1.17. The second-order valence-corrected chi connectivity index (χ2v) is 9.71. The molecule has 0 radical (unpaired) electrons. The molecule has 1 fully saturated rings. The Balaban J connectivity index is 1.36. The van der Waals surface area contributed by atoms with Crippen LogP contribution >= 0.6 is 11.8 Å². The van der Waals surface area contributed by atoms with E-state index in [1.807, 2.05) is 6.07 Å². The van der Waals surface area contributed by atoms with Crippen molar-refractivity contribution in [2.75, 3.05) is 26.2 Å². The highest BCUT2D eigenvalue weighted by Crippen LogP contribution is 2.34. The molecule has 0 saturated carbocycles. The highest BCUT2D eigenvalue weighted by Gasteiger charge is 2.31. The first-order valence-electron chi connectivity index (χ1n) is 12.0. The van der Waals surface area contributed by atoms with Gasteiger partial charge in [0.25, 0.3) is 5.91 Å². The summed E-state index contributed by atoms with van der Waals surface area (Å²) in [6.45, 7) is 3.21. The third kappa shape index (κ3) is 5.82. The fourth-order valence-electron chi connectivity index (χ4n) is 4.18. The van der Waals surface area contributed by atoms with Crippen molar-refractivity contribution >= 4 is 23.6 Å². The van der Waals surface area contributed by atoms with Gasteiger partial charge in [-0.2, -0.15) is 13.2 Å². The van der Waals surface area contributed by atoms with Crippen LogP contribution in [0.15, 0.2) is 70.4 Å². The molecule has 1 aliphatic heterocycles. The third-order valence-corrected chi connectivity index (χ3v) is 7.12. The molecular formula is C26H23F3N6O3S. The molecule has 0 bridgehead atoms. The van der Waals surface area contributed by atoms with Gasteiger partial charge < -0.3 is 14.2 Å². The molecule has 2 aromatic heterocycles. The van der Waals surface area contributed by atoms with E-state index in [-0.39, 0.29) is 34.8 Å². The number of nitrogens with zero attached hydrogens (tertiary/aromatic N) is 6. The maximum absolute atomic E-state index is 13.4. The van der Waals surface area contributed by atoms with Crippen LogP contribution in [0.1, 0.15) is 28.9 Å². The summed E-state index contributed by atoms with van der Waals surface area (Å²) in [5.41, 5.74) is 0.294. The van der Waals surface area contributed by atoms with Crippen LogP contribution in [0.3, 0.4) is 0 Å². The lowest BCUT2D eigenvalue weighted by atomic mass is 10.1. The van der Waals surface area contributed by atoms with Crippen LogP contribution in [0.25, 0.3) is 17.1 Å². The van der Waals surface area contributed by atoms with Crippen molar-refractivity contribution in [2.45, 2.75) is 24.0 Å². The van der Waals surface area contributed by atoms with E-state index in [0.29, 0.717) is 42.7 Å². The molecule has 4 aromatic rings. The molecule has 0 atom stereocenters. The van der Waals surface area contributed by atoms with Gasteiger partial charge in [-0.1, -0.05) is 48.2 Å². The van der Waals surface area contributed by atoms with E-state index >= 15 is 0 Å². The van der Waals surface area contributed by atoms with E-state index in [0.717, 1.165) is 12.1 Å². The molecule has 39 heavy (non-hydrogen) atoms. The number of piperazine rings is 1. The van der Waals surface area contributed by atoms with E-state index in [2.05, 4.69) is 15.2 Å². The zero-order chi connectivity index (χ0) is 27.6. The van der Waals surface area contributed by atoms with Crippen molar-refractivity contribution in [3.8, 4) is 17.1 Å². The minimum Gasteiger partial charge on any atom is -0.447 e. The number of rotatable bonds is 6. The Labute approximate surface area is 225 Å². The molecule has 202 valence electrons. The Morgan fingerprint density at radius 2 is 1.69 bits per heavy atom. The van der Waals surface area contributed by atoms with Gasteiger partial charge in [0.15, 0.2) is 16.7 Å². The lowest BCUT2D eigenvalue weighted by Crippen LogP contribution is -2.50. The maximum Gasteiger partial charge on any atom is 0.416 e. The van der Waals surface area contributed by atoms with E-state index in [9.17, 15) is 22.8 Å². The fourth-order valence-corrected chi connectivity index (χ4v) is 4.98. The SMILES string of the molecule is CC(=O)N1CCN(C(=O)c2coc(CSc3nnc(-c4ccccc4)n3-c3cccc(C(F)(F)F)c3)n2)CC1. The van der Waals surface area contributed by atoms with E-state index in [4.69, 9.17) is 4.42 Å². The van der Waals surface area contributed by atoms with E-state index in [1.54, 1.807) is 44.7 Å². The Hall–Kier alpha value is -4.13. The highest BCUT2D eigenvalue weighted by atomic mass is 32.2. The van der Waals surface area contributed by atoms with Gasteiger partial charge in [-0.25, -0.2) is 4.98 Å². The Morgan fingerprint density at radius 1 is 0.974 bits per heavy atom. The second kappa shape index (κ2) is 10.9. The zero-order valence-corrected chi connectivity index (χ0v) is 21.6. The van der Waals surface area contributed by atoms with Crippen LogP contribution < -0.4 is 0 Å². The minimum absolute atomic E-state index is 0.0312. The number of oxazole rings is 1. The average molecular weight is 557 g/mol. The lowest BCUT2D eigenvalue weighted by Gasteiger charge is -2.33. The largest absolute Gasteiger partial charge is 0.447 e. The molecule has 13 heteroatoms. The molecule has 2 amide bonds. The van der Waals surface area contributed by atoms with Gasteiger partial charge in [0.1, 0.15) is 6.26 Å². The molecule has 9 nitrogen and oxygen atoms in total. The monoisotopic (exact) mass is 556 g/mol. The summed E-state index contributed by atoms with van der Waals surface area (Å²) in [7, 11) is 0. The lowest BCUT2D eigenvalue weighted by molar-refractivity contribution is -0.137. The molecule has 0 aliphatic carbocycles. The van der Waals surface area contributed by atoms with Gasteiger partial charge in [-0.15, -0.1) is 10.2 Å². The number of alkyl halides is 3. The van der Waals surface area contributed by atoms with Crippen LogP contribution in [0.2, 0.25) is 0 Å². The van der Waals surface area contributed by atoms with Gasteiger partial charge in [0.2, 0.25) is 11.8 Å². The fraction of sp³-hybridized carbons (Fsp3) is 0.269. The smallest absolute Gasteiger partial charge is 0.416 e. The van der Waals surface area contributed by atoms with Crippen molar-refractivity contribution in [1.82, 2.24) is 29.5 Å². The number of halogens is 3. The van der Waals surface area contributed by atoms with E-state index in [1.165, 1.54) is 31.0 Å². The summed E-state index contributed by atoms with van der Waals surface area (Å²) in [6.07, 6.45) is -3.23. The summed E-state index contributed by atoms with van der Waals surface area (Å²) in [5.74, 6) is 0.473. The van der Waals surface area contributed by atoms with Gasteiger partial charge in [-0.05, 0) is 18.2 Å². The molecule has 0 N–H and O–H groups in total. The highest BCUT2D eigenvalue weighted by molar-refractivity contribution is 7.98. The first-order chi connectivity index (χ1) is 18.7. The van der Waals surface area contributed by atoms with Crippen molar-refractivity contribution in [3.63, 3.8) is 0 Å². The number of hydrogen-bond donors (Lipinski definition) is 0. The minimum atomic E-state index is -4.51. The van der Waals surface area contributed by atoms with Gasteiger partial charge >= 0.3 is 6.18 Å². The number of thioether (sulfide) groups is 1.